The topological polar surface area (TPSA) is 0 Å². The van der Waals surface area contributed by atoms with Crippen molar-refractivity contribution in [3.05, 3.63) is 303 Å². The molecular formula is C72H50. The molecule has 12 rings (SSSR count). The van der Waals surface area contributed by atoms with Gasteiger partial charge >= 0.3 is 0 Å². The molecule has 0 aliphatic rings. The van der Waals surface area contributed by atoms with Crippen LogP contribution in [0.25, 0.3) is 122 Å². The van der Waals surface area contributed by atoms with Gasteiger partial charge in [-0.05, 0) is 147 Å². The number of hydrogen-bond donors (Lipinski definition) is 0. The fourth-order valence-electron chi connectivity index (χ4n) is 9.91. The van der Waals surface area contributed by atoms with Crippen LogP contribution in [0.3, 0.4) is 0 Å². The third-order valence-electron chi connectivity index (χ3n) is 14.0. The SMILES string of the molecule is c1ccc(-c2ccc(-c3ccc(-c4ccc(-c5cccc(-c6cccc(-c7cccc(-c8cccc(-c9ccc(-c%10ccc(-c%11ccc(-c%12ccccc%12)cc%11)cc%10)cc9)c8)c7)c6)c5)cc4)cc3)cc2)cc1. The highest BCUT2D eigenvalue weighted by atomic mass is 14.1. The van der Waals surface area contributed by atoms with Gasteiger partial charge in [0.2, 0.25) is 0 Å². The van der Waals surface area contributed by atoms with E-state index >= 15 is 0 Å². The second-order valence-electron chi connectivity index (χ2n) is 18.5. The van der Waals surface area contributed by atoms with Crippen LogP contribution in [0.5, 0.6) is 0 Å². The molecule has 12 aromatic carbocycles. The van der Waals surface area contributed by atoms with E-state index in [1.54, 1.807) is 0 Å². The summed E-state index contributed by atoms with van der Waals surface area (Å²) in [6, 6.07) is 110. The first-order valence-corrected chi connectivity index (χ1v) is 24.8. The maximum atomic E-state index is 2.32. The minimum atomic E-state index is 1.19. The summed E-state index contributed by atoms with van der Waals surface area (Å²) < 4.78 is 0. The Balaban J connectivity index is 0.712. The summed E-state index contributed by atoms with van der Waals surface area (Å²) in [6.45, 7) is 0. The molecule has 0 unspecified atom stereocenters. The van der Waals surface area contributed by atoms with Crippen LogP contribution >= 0.6 is 0 Å². The number of rotatable bonds is 11. The molecule has 0 saturated heterocycles. The third-order valence-corrected chi connectivity index (χ3v) is 14.0. The van der Waals surface area contributed by atoms with Crippen LogP contribution in [0, 0.1) is 0 Å². The Morgan fingerprint density at radius 1 is 0.0833 bits per heavy atom. The highest BCUT2D eigenvalue weighted by molar-refractivity contribution is 5.82. The standard InChI is InChI=1S/C72H50/c1-3-11-51(12-4-1)53-23-27-55(28-24-53)57-31-35-59(36-32-57)61-39-43-63(44-40-61)65-15-7-17-67(47-65)69-19-9-21-71(49-69)72-22-10-20-70(50-72)68-18-8-16-66(48-68)64-45-41-62(42-46-64)60-37-33-58(34-38-60)56-29-25-54(26-30-56)52-13-5-2-6-14-52/h1-50H. The molecule has 0 amide bonds. The summed E-state index contributed by atoms with van der Waals surface area (Å²) >= 11 is 0. The van der Waals surface area contributed by atoms with Crippen molar-refractivity contribution in [2.75, 3.05) is 0 Å². The van der Waals surface area contributed by atoms with Crippen molar-refractivity contribution in [3.63, 3.8) is 0 Å². The van der Waals surface area contributed by atoms with Gasteiger partial charge in [-0.15, -0.1) is 0 Å². The van der Waals surface area contributed by atoms with E-state index in [0.717, 1.165) is 0 Å². The van der Waals surface area contributed by atoms with Crippen LogP contribution in [-0.2, 0) is 0 Å². The summed E-state index contributed by atoms with van der Waals surface area (Å²) in [5, 5.41) is 0. The molecule has 0 aliphatic heterocycles. The first kappa shape index (κ1) is 43.9. The Bertz CT molecular complexity index is 3500. The molecule has 72 heavy (non-hydrogen) atoms. The lowest BCUT2D eigenvalue weighted by molar-refractivity contribution is 1.55. The van der Waals surface area contributed by atoms with Crippen LogP contribution in [0.4, 0.5) is 0 Å². The van der Waals surface area contributed by atoms with E-state index in [1.807, 2.05) is 0 Å². The summed E-state index contributed by atoms with van der Waals surface area (Å²) in [7, 11) is 0. The van der Waals surface area contributed by atoms with Crippen molar-refractivity contribution in [1.29, 1.82) is 0 Å². The predicted octanol–water partition coefficient (Wildman–Crippen LogP) is 20.0. The molecule has 0 nitrogen and oxygen atoms in total. The van der Waals surface area contributed by atoms with E-state index in [1.165, 1.54) is 122 Å². The normalized spacial score (nSPS) is 11.1. The minimum Gasteiger partial charge on any atom is -0.0622 e. The zero-order valence-corrected chi connectivity index (χ0v) is 39.9. The lowest BCUT2D eigenvalue weighted by Gasteiger charge is -2.11. The zero-order valence-electron chi connectivity index (χ0n) is 39.9. The highest BCUT2D eigenvalue weighted by Gasteiger charge is 2.10. The van der Waals surface area contributed by atoms with Gasteiger partial charge in [-0.25, -0.2) is 0 Å². The first-order chi connectivity index (χ1) is 35.6. The van der Waals surface area contributed by atoms with Crippen molar-refractivity contribution in [2.45, 2.75) is 0 Å². The highest BCUT2D eigenvalue weighted by Crippen LogP contribution is 2.36. The predicted molar refractivity (Wildman–Crippen MR) is 306 cm³/mol. The summed E-state index contributed by atoms with van der Waals surface area (Å²) in [5.41, 5.74) is 26.6. The summed E-state index contributed by atoms with van der Waals surface area (Å²) in [6.07, 6.45) is 0. The second kappa shape index (κ2) is 19.9. The molecule has 0 heteroatoms. The average Bonchev–Trinajstić information content (AvgIpc) is 3.48. The van der Waals surface area contributed by atoms with Gasteiger partial charge in [-0.2, -0.15) is 0 Å². The van der Waals surface area contributed by atoms with Gasteiger partial charge in [-0.1, -0.05) is 279 Å². The molecule has 0 aliphatic carbocycles. The van der Waals surface area contributed by atoms with E-state index in [4.69, 9.17) is 0 Å². The fourth-order valence-corrected chi connectivity index (χ4v) is 9.91. The van der Waals surface area contributed by atoms with E-state index in [2.05, 4.69) is 303 Å². The molecule has 0 fully saturated rings. The smallest absolute Gasteiger partial charge is 0.0178 e. The Kier molecular flexibility index (Phi) is 12.1. The van der Waals surface area contributed by atoms with Gasteiger partial charge in [0.05, 0.1) is 0 Å². The Morgan fingerprint density at radius 3 is 0.361 bits per heavy atom. The molecule has 0 heterocycles. The quantitative estimate of drug-likeness (QED) is 0.121. The fraction of sp³-hybridized carbons (Fsp3) is 0. The van der Waals surface area contributed by atoms with E-state index in [0.29, 0.717) is 0 Å². The molecule has 0 saturated carbocycles. The van der Waals surface area contributed by atoms with Gasteiger partial charge in [0.1, 0.15) is 0 Å². The van der Waals surface area contributed by atoms with Crippen LogP contribution < -0.4 is 0 Å². The van der Waals surface area contributed by atoms with Crippen LogP contribution in [0.2, 0.25) is 0 Å². The van der Waals surface area contributed by atoms with E-state index < -0.39 is 0 Å². The Labute approximate surface area is 423 Å². The molecule has 0 atom stereocenters. The van der Waals surface area contributed by atoms with Crippen molar-refractivity contribution in [2.24, 2.45) is 0 Å². The third kappa shape index (κ3) is 9.51. The van der Waals surface area contributed by atoms with E-state index in [9.17, 15) is 0 Å². The molecule has 12 aromatic rings. The summed E-state index contributed by atoms with van der Waals surface area (Å²) in [5.74, 6) is 0. The number of benzene rings is 12. The van der Waals surface area contributed by atoms with Gasteiger partial charge in [-0.3, -0.25) is 0 Å². The molecule has 0 N–H and O–H groups in total. The molecule has 0 radical (unpaired) electrons. The maximum Gasteiger partial charge on any atom is -0.0178 e. The van der Waals surface area contributed by atoms with Gasteiger partial charge in [0, 0.05) is 0 Å². The van der Waals surface area contributed by atoms with Crippen molar-refractivity contribution in [3.8, 4) is 122 Å². The monoisotopic (exact) mass is 914 g/mol. The van der Waals surface area contributed by atoms with Crippen LogP contribution in [-0.4, -0.2) is 0 Å². The van der Waals surface area contributed by atoms with Gasteiger partial charge in [0.25, 0.3) is 0 Å². The molecule has 0 spiro atoms. The van der Waals surface area contributed by atoms with Crippen molar-refractivity contribution in [1.82, 2.24) is 0 Å². The number of hydrogen-bond acceptors (Lipinski definition) is 0. The van der Waals surface area contributed by atoms with Gasteiger partial charge < -0.3 is 0 Å². The van der Waals surface area contributed by atoms with E-state index in [-0.39, 0.29) is 0 Å². The molecule has 0 aromatic heterocycles. The Morgan fingerprint density at radius 2 is 0.194 bits per heavy atom. The van der Waals surface area contributed by atoms with Crippen LogP contribution in [0.15, 0.2) is 303 Å². The first-order valence-electron chi connectivity index (χ1n) is 24.8. The van der Waals surface area contributed by atoms with Crippen molar-refractivity contribution >= 4 is 0 Å². The lowest BCUT2D eigenvalue weighted by Crippen LogP contribution is -1.86. The van der Waals surface area contributed by atoms with Gasteiger partial charge in [0.15, 0.2) is 0 Å². The zero-order chi connectivity index (χ0) is 48.1. The lowest BCUT2D eigenvalue weighted by atomic mass is 9.93. The largest absolute Gasteiger partial charge is 0.0622 e. The average molecular weight is 915 g/mol. The molecular weight excluding hydrogens is 865 g/mol. The molecule has 338 valence electrons. The second-order valence-corrected chi connectivity index (χ2v) is 18.5. The van der Waals surface area contributed by atoms with Crippen LogP contribution in [0.1, 0.15) is 0 Å². The molecule has 0 bridgehead atoms. The van der Waals surface area contributed by atoms with Crippen molar-refractivity contribution < 1.29 is 0 Å². The maximum absolute atomic E-state index is 2.32. The Hall–Kier alpha value is -9.36. The minimum absolute atomic E-state index is 1.19. The summed E-state index contributed by atoms with van der Waals surface area (Å²) in [4.78, 5) is 0.